The largest absolute Gasteiger partial charge is 0.346 e. The monoisotopic (exact) mass is 422 g/mol. The molecule has 2 aromatic carbocycles. The standard InChI is InChI=1S/C27H26N4O/c1-17-2-4-19(5-3-17)27-26(20-6-7-23-21(12-20)13-25(32)30-23)22-9-11-31(24(22)15-29-27)16-18-8-10-28-14-18/h2-7,9,11-12,15,18,28H,8,10,13-14,16H2,1H3,(H,30,32). The van der Waals surface area contributed by atoms with Crippen LogP contribution in [0.5, 0.6) is 0 Å². The molecule has 1 amide bonds. The lowest BCUT2D eigenvalue weighted by Crippen LogP contribution is -2.14. The second kappa shape index (κ2) is 7.61. The maximum absolute atomic E-state index is 11.9. The van der Waals surface area contributed by atoms with Crippen molar-refractivity contribution in [3.8, 4) is 22.4 Å². The third-order valence-electron chi connectivity index (χ3n) is 6.79. The van der Waals surface area contributed by atoms with Crippen LogP contribution in [0.4, 0.5) is 5.69 Å². The summed E-state index contributed by atoms with van der Waals surface area (Å²) in [5.41, 5.74) is 8.70. The van der Waals surface area contributed by atoms with Crippen LogP contribution >= 0.6 is 0 Å². The van der Waals surface area contributed by atoms with E-state index in [-0.39, 0.29) is 5.91 Å². The number of pyridine rings is 1. The first kappa shape index (κ1) is 19.3. The zero-order chi connectivity index (χ0) is 21.7. The average molecular weight is 423 g/mol. The van der Waals surface area contributed by atoms with Gasteiger partial charge in [-0.05, 0) is 61.7 Å². The van der Waals surface area contributed by atoms with Crippen LogP contribution in [0.2, 0.25) is 0 Å². The molecular formula is C27H26N4O. The minimum Gasteiger partial charge on any atom is -0.346 e. The van der Waals surface area contributed by atoms with Gasteiger partial charge in [0.05, 0.1) is 23.8 Å². The van der Waals surface area contributed by atoms with Crippen LogP contribution in [0.25, 0.3) is 33.3 Å². The molecule has 32 heavy (non-hydrogen) atoms. The number of nitrogens with zero attached hydrogens (tertiary/aromatic N) is 2. The maximum Gasteiger partial charge on any atom is 0.228 e. The first-order chi connectivity index (χ1) is 15.7. The van der Waals surface area contributed by atoms with E-state index >= 15 is 0 Å². The SMILES string of the molecule is Cc1ccc(-c2ncc3c(ccn3CC3CCNC3)c2-c2ccc3c(c2)CC(=O)N3)cc1. The second-order valence-electron chi connectivity index (χ2n) is 9.07. The molecule has 4 aromatic rings. The van der Waals surface area contributed by atoms with Gasteiger partial charge in [-0.25, -0.2) is 0 Å². The fourth-order valence-corrected chi connectivity index (χ4v) is 5.07. The number of anilines is 1. The van der Waals surface area contributed by atoms with Crippen molar-refractivity contribution in [1.82, 2.24) is 14.9 Å². The van der Waals surface area contributed by atoms with Crippen LogP contribution in [0.3, 0.4) is 0 Å². The summed E-state index contributed by atoms with van der Waals surface area (Å²) in [4.78, 5) is 16.9. The summed E-state index contributed by atoms with van der Waals surface area (Å²) in [7, 11) is 0. The molecule has 2 aromatic heterocycles. The highest BCUT2D eigenvalue weighted by Crippen LogP contribution is 2.39. The lowest BCUT2D eigenvalue weighted by Gasteiger charge is -2.15. The summed E-state index contributed by atoms with van der Waals surface area (Å²) in [6.07, 6.45) is 5.87. The average Bonchev–Trinajstić information content (AvgIpc) is 3.53. The van der Waals surface area contributed by atoms with E-state index in [2.05, 4.69) is 70.8 Å². The fraction of sp³-hybridized carbons (Fsp3) is 0.259. The van der Waals surface area contributed by atoms with Crippen molar-refractivity contribution < 1.29 is 4.79 Å². The minimum atomic E-state index is 0.0589. The van der Waals surface area contributed by atoms with E-state index in [9.17, 15) is 4.79 Å². The summed E-state index contributed by atoms with van der Waals surface area (Å²) in [6.45, 7) is 5.29. The Morgan fingerprint density at radius 1 is 1.09 bits per heavy atom. The first-order valence-electron chi connectivity index (χ1n) is 11.3. The predicted octanol–water partition coefficient (Wildman–Crippen LogP) is 4.78. The Hall–Kier alpha value is -3.44. The van der Waals surface area contributed by atoms with Crippen LogP contribution in [-0.4, -0.2) is 28.5 Å². The van der Waals surface area contributed by atoms with Gasteiger partial charge in [-0.3, -0.25) is 9.78 Å². The highest BCUT2D eigenvalue weighted by atomic mass is 16.1. The Balaban J connectivity index is 1.53. The number of aromatic nitrogens is 2. The van der Waals surface area contributed by atoms with Crippen LogP contribution in [0.15, 0.2) is 60.9 Å². The Labute approximate surface area is 187 Å². The smallest absolute Gasteiger partial charge is 0.228 e. The summed E-state index contributed by atoms with van der Waals surface area (Å²) >= 11 is 0. The van der Waals surface area contributed by atoms with Gasteiger partial charge in [-0.15, -0.1) is 0 Å². The highest BCUT2D eigenvalue weighted by molar-refractivity contribution is 6.04. The van der Waals surface area contributed by atoms with Crippen molar-refractivity contribution >= 4 is 22.5 Å². The molecule has 160 valence electrons. The predicted molar refractivity (Wildman–Crippen MR) is 129 cm³/mol. The van der Waals surface area contributed by atoms with Gasteiger partial charge in [0, 0.05) is 34.9 Å². The molecule has 1 unspecified atom stereocenters. The molecule has 1 atom stereocenters. The Morgan fingerprint density at radius 3 is 2.75 bits per heavy atom. The number of aryl methyl sites for hydroxylation is 1. The van der Waals surface area contributed by atoms with Gasteiger partial charge in [0.25, 0.3) is 0 Å². The number of hydrogen-bond acceptors (Lipinski definition) is 3. The Kier molecular flexibility index (Phi) is 4.58. The van der Waals surface area contributed by atoms with E-state index in [1.165, 1.54) is 17.4 Å². The molecule has 0 spiro atoms. The minimum absolute atomic E-state index is 0.0589. The number of rotatable bonds is 4. The number of nitrogens with one attached hydrogen (secondary N) is 2. The summed E-state index contributed by atoms with van der Waals surface area (Å²) < 4.78 is 2.35. The van der Waals surface area contributed by atoms with Crippen LogP contribution in [0.1, 0.15) is 17.5 Å². The number of amides is 1. The van der Waals surface area contributed by atoms with Crippen molar-refractivity contribution in [3.63, 3.8) is 0 Å². The first-order valence-corrected chi connectivity index (χ1v) is 11.3. The van der Waals surface area contributed by atoms with Gasteiger partial charge >= 0.3 is 0 Å². The molecule has 2 N–H and O–H groups in total. The van der Waals surface area contributed by atoms with Crippen LogP contribution in [0, 0.1) is 12.8 Å². The molecule has 6 rings (SSSR count). The molecule has 0 aliphatic carbocycles. The van der Waals surface area contributed by atoms with E-state index in [1.807, 2.05) is 12.3 Å². The number of carbonyl (C=O) groups excluding carboxylic acids is 1. The normalized spacial score (nSPS) is 17.7. The van der Waals surface area contributed by atoms with Gasteiger partial charge in [0.1, 0.15) is 0 Å². The molecule has 0 bridgehead atoms. The lowest BCUT2D eigenvalue weighted by atomic mass is 9.94. The van der Waals surface area contributed by atoms with E-state index in [1.54, 1.807) is 0 Å². The van der Waals surface area contributed by atoms with Gasteiger partial charge in [-0.1, -0.05) is 35.9 Å². The van der Waals surface area contributed by atoms with E-state index < -0.39 is 0 Å². The van der Waals surface area contributed by atoms with Gasteiger partial charge < -0.3 is 15.2 Å². The van der Waals surface area contributed by atoms with Crippen molar-refractivity contribution in [3.05, 3.63) is 72.1 Å². The van der Waals surface area contributed by atoms with Crippen LogP contribution < -0.4 is 10.6 Å². The molecule has 0 radical (unpaired) electrons. The summed E-state index contributed by atoms with van der Waals surface area (Å²) in [5, 5.41) is 7.62. The molecule has 1 saturated heterocycles. The number of hydrogen-bond donors (Lipinski definition) is 2. The third-order valence-corrected chi connectivity index (χ3v) is 6.79. The molecule has 2 aliphatic heterocycles. The molecule has 4 heterocycles. The van der Waals surface area contributed by atoms with Crippen molar-refractivity contribution in [1.29, 1.82) is 0 Å². The lowest BCUT2D eigenvalue weighted by molar-refractivity contribution is -0.115. The molecule has 5 nitrogen and oxygen atoms in total. The maximum atomic E-state index is 11.9. The number of benzene rings is 2. The zero-order valence-electron chi connectivity index (χ0n) is 18.2. The van der Waals surface area contributed by atoms with Gasteiger partial charge in [0.2, 0.25) is 5.91 Å². The van der Waals surface area contributed by atoms with Gasteiger partial charge in [0.15, 0.2) is 0 Å². The zero-order valence-corrected chi connectivity index (χ0v) is 18.2. The quantitative estimate of drug-likeness (QED) is 0.497. The van der Waals surface area contributed by atoms with E-state index in [0.717, 1.165) is 58.8 Å². The Morgan fingerprint density at radius 2 is 1.94 bits per heavy atom. The Bertz CT molecular complexity index is 1330. The highest BCUT2D eigenvalue weighted by Gasteiger charge is 2.22. The van der Waals surface area contributed by atoms with Gasteiger partial charge in [-0.2, -0.15) is 0 Å². The van der Waals surface area contributed by atoms with Crippen molar-refractivity contribution in [2.75, 3.05) is 18.4 Å². The molecule has 2 aliphatic rings. The molecular weight excluding hydrogens is 396 g/mol. The molecule has 0 saturated carbocycles. The molecule has 1 fully saturated rings. The fourth-order valence-electron chi connectivity index (χ4n) is 5.07. The number of carbonyl (C=O) groups is 1. The van der Waals surface area contributed by atoms with Crippen LogP contribution in [-0.2, 0) is 17.8 Å². The van der Waals surface area contributed by atoms with Crippen molar-refractivity contribution in [2.24, 2.45) is 5.92 Å². The third kappa shape index (κ3) is 3.30. The molecule has 5 heteroatoms. The summed E-state index contributed by atoms with van der Waals surface area (Å²) in [5.74, 6) is 0.714. The van der Waals surface area contributed by atoms with Crippen molar-refractivity contribution in [2.45, 2.75) is 26.3 Å². The van der Waals surface area contributed by atoms with E-state index in [0.29, 0.717) is 12.3 Å². The second-order valence-corrected chi connectivity index (χ2v) is 9.07. The summed E-state index contributed by atoms with van der Waals surface area (Å²) in [6, 6.07) is 17.1. The number of fused-ring (bicyclic) bond motifs is 2. The topological polar surface area (TPSA) is 59.0 Å². The van der Waals surface area contributed by atoms with E-state index in [4.69, 9.17) is 4.98 Å².